The maximum atomic E-state index is 13.1. The minimum Gasteiger partial charge on any atom is -0.365 e. The summed E-state index contributed by atoms with van der Waals surface area (Å²) in [4.78, 5) is 52.5. The van der Waals surface area contributed by atoms with E-state index < -0.39 is 29.9 Å². The lowest BCUT2D eigenvalue weighted by molar-refractivity contribution is -0.135. The molecule has 1 aromatic heterocycles. The molecule has 8 nitrogen and oxygen atoms in total. The van der Waals surface area contributed by atoms with Crippen LogP contribution in [0.25, 0.3) is 11.1 Å². The molecule has 0 atom stereocenters. The molecule has 1 spiro atoms. The van der Waals surface area contributed by atoms with Crippen molar-refractivity contribution in [3.63, 3.8) is 0 Å². The second-order valence-corrected chi connectivity index (χ2v) is 10.00. The third-order valence-corrected chi connectivity index (χ3v) is 7.75. The van der Waals surface area contributed by atoms with Crippen LogP contribution in [0.3, 0.4) is 0 Å². The summed E-state index contributed by atoms with van der Waals surface area (Å²) in [5.41, 5.74) is 6.47. The van der Waals surface area contributed by atoms with Gasteiger partial charge in [-0.1, -0.05) is 43.7 Å². The Bertz CT molecular complexity index is 1100. The second-order valence-electron chi connectivity index (χ2n) is 8.77. The molecule has 1 aliphatic heterocycles. The van der Waals surface area contributed by atoms with Gasteiger partial charge in [-0.15, -0.1) is 11.3 Å². The number of anilines is 1. The predicted molar refractivity (Wildman–Crippen MR) is 127 cm³/mol. The molecule has 5 amide bonds. The van der Waals surface area contributed by atoms with E-state index in [-0.39, 0.29) is 11.5 Å². The first-order valence-corrected chi connectivity index (χ1v) is 12.0. The quantitative estimate of drug-likeness (QED) is 0.560. The van der Waals surface area contributed by atoms with Crippen LogP contribution in [0.15, 0.2) is 30.3 Å². The summed E-state index contributed by atoms with van der Waals surface area (Å²) in [6, 6.07) is 8.78. The first-order valence-electron chi connectivity index (χ1n) is 11.2. The molecule has 2 fully saturated rings. The molecule has 1 aliphatic carbocycles. The van der Waals surface area contributed by atoms with Gasteiger partial charge in [0.05, 0.1) is 5.56 Å². The Morgan fingerprint density at radius 2 is 1.88 bits per heavy atom. The van der Waals surface area contributed by atoms with Gasteiger partial charge >= 0.3 is 6.03 Å². The van der Waals surface area contributed by atoms with Crippen molar-refractivity contribution in [2.24, 2.45) is 11.7 Å². The number of nitrogens with one attached hydrogen (secondary N) is 2. The van der Waals surface area contributed by atoms with E-state index in [1.54, 1.807) is 0 Å². The van der Waals surface area contributed by atoms with Crippen LogP contribution < -0.4 is 16.4 Å². The number of primary amides is 1. The maximum absolute atomic E-state index is 13.1. The number of nitrogens with zero attached hydrogens (tertiary/aromatic N) is 1. The van der Waals surface area contributed by atoms with E-state index in [9.17, 15) is 19.2 Å². The van der Waals surface area contributed by atoms with Gasteiger partial charge in [0.2, 0.25) is 5.91 Å². The number of thiophene rings is 1. The van der Waals surface area contributed by atoms with Crippen LogP contribution >= 0.6 is 11.3 Å². The molecule has 1 saturated heterocycles. The average Bonchev–Trinajstić information content (AvgIpc) is 3.23. The van der Waals surface area contributed by atoms with Gasteiger partial charge in [-0.2, -0.15) is 0 Å². The number of hydrogen-bond donors (Lipinski definition) is 3. The second kappa shape index (κ2) is 8.97. The van der Waals surface area contributed by atoms with Gasteiger partial charge in [0.1, 0.15) is 17.1 Å². The number of carbonyl (C=O) groups is 4. The van der Waals surface area contributed by atoms with Crippen molar-refractivity contribution in [2.75, 3.05) is 11.9 Å². The van der Waals surface area contributed by atoms with Gasteiger partial charge in [0, 0.05) is 10.4 Å². The normalized spacial score (nSPS) is 22.5. The highest BCUT2D eigenvalue weighted by Gasteiger charge is 2.52. The minimum atomic E-state index is -0.901. The molecule has 2 aliphatic rings. The summed E-state index contributed by atoms with van der Waals surface area (Å²) in [7, 11) is 0. The van der Waals surface area contributed by atoms with E-state index in [1.165, 1.54) is 11.3 Å². The van der Waals surface area contributed by atoms with Crippen LogP contribution in [0.5, 0.6) is 0 Å². The molecule has 2 heterocycles. The third kappa shape index (κ3) is 4.25. The number of urea groups is 1. The van der Waals surface area contributed by atoms with Gasteiger partial charge in [-0.05, 0) is 44.1 Å². The Kier molecular flexibility index (Phi) is 6.25. The first-order chi connectivity index (χ1) is 15.8. The summed E-state index contributed by atoms with van der Waals surface area (Å²) >= 11 is 1.24. The molecule has 0 radical (unpaired) electrons. The van der Waals surface area contributed by atoms with E-state index in [0.717, 1.165) is 34.6 Å². The van der Waals surface area contributed by atoms with Crippen molar-refractivity contribution < 1.29 is 19.2 Å². The fraction of sp³-hybridized carbons (Fsp3) is 0.417. The SMILES string of the molecule is CCC1CCC2(CC1)NC(=O)N(CC(=O)Nc1sc(C)c(-c3ccccc3)c1C(N)=O)C2=O. The van der Waals surface area contributed by atoms with Gasteiger partial charge in [-0.3, -0.25) is 19.3 Å². The number of nitrogens with two attached hydrogens (primary N) is 1. The summed E-state index contributed by atoms with van der Waals surface area (Å²) in [5.74, 6) is -0.998. The van der Waals surface area contributed by atoms with Crippen molar-refractivity contribution in [1.29, 1.82) is 0 Å². The zero-order valence-electron chi connectivity index (χ0n) is 18.8. The first kappa shape index (κ1) is 23.0. The summed E-state index contributed by atoms with van der Waals surface area (Å²) in [6.07, 6.45) is 3.98. The molecule has 1 aromatic carbocycles. The van der Waals surface area contributed by atoms with E-state index in [2.05, 4.69) is 17.6 Å². The Morgan fingerprint density at radius 3 is 2.48 bits per heavy atom. The van der Waals surface area contributed by atoms with E-state index in [4.69, 9.17) is 5.73 Å². The lowest BCUT2D eigenvalue weighted by Crippen LogP contribution is -2.49. The molecule has 1 saturated carbocycles. The fourth-order valence-electron chi connectivity index (χ4n) is 4.87. The smallest absolute Gasteiger partial charge is 0.325 e. The molecule has 174 valence electrons. The van der Waals surface area contributed by atoms with Gasteiger partial charge < -0.3 is 16.4 Å². The van der Waals surface area contributed by atoms with Crippen LogP contribution in [0.4, 0.5) is 9.80 Å². The molecule has 2 aromatic rings. The van der Waals surface area contributed by atoms with Crippen LogP contribution in [0, 0.1) is 12.8 Å². The van der Waals surface area contributed by atoms with Crippen LogP contribution in [-0.2, 0) is 9.59 Å². The van der Waals surface area contributed by atoms with Gasteiger partial charge in [0.25, 0.3) is 11.8 Å². The predicted octanol–water partition coefficient (Wildman–Crippen LogP) is 3.65. The van der Waals surface area contributed by atoms with Gasteiger partial charge in [0.15, 0.2) is 0 Å². The standard InChI is InChI=1S/C24H28N4O4S/c1-3-15-9-11-24(12-10-15)22(31)28(23(32)27-24)13-17(29)26-21-19(20(25)30)18(14(2)33-21)16-7-5-4-6-8-16/h4-8,15H,3,9-13H2,1-2H3,(H2,25,30)(H,26,29)(H,27,32). The highest BCUT2D eigenvalue weighted by Crippen LogP contribution is 2.40. The summed E-state index contributed by atoms with van der Waals surface area (Å²) < 4.78 is 0. The third-order valence-electron chi connectivity index (χ3n) is 6.73. The van der Waals surface area contributed by atoms with Crippen molar-refractivity contribution >= 4 is 40.1 Å². The zero-order valence-corrected chi connectivity index (χ0v) is 19.6. The maximum Gasteiger partial charge on any atom is 0.325 e. The number of benzene rings is 1. The molecular weight excluding hydrogens is 440 g/mol. The monoisotopic (exact) mass is 468 g/mol. The van der Waals surface area contributed by atoms with Crippen molar-refractivity contribution in [3.05, 3.63) is 40.8 Å². The van der Waals surface area contributed by atoms with E-state index >= 15 is 0 Å². The number of aryl methyl sites for hydroxylation is 1. The van der Waals surface area contributed by atoms with Crippen molar-refractivity contribution in [1.82, 2.24) is 10.2 Å². The molecule has 0 unspecified atom stereocenters. The topological polar surface area (TPSA) is 122 Å². The molecule has 0 bridgehead atoms. The van der Waals surface area contributed by atoms with E-state index in [1.807, 2.05) is 37.3 Å². The fourth-order valence-corrected chi connectivity index (χ4v) is 5.97. The van der Waals surface area contributed by atoms with Crippen LogP contribution in [0.1, 0.15) is 54.3 Å². The zero-order chi connectivity index (χ0) is 23.8. The lowest BCUT2D eigenvalue weighted by Gasteiger charge is -2.34. The highest BCUT2D eigenvalue weighted by molar-refractivity contribution is 7.17. The summed E-state index contributed by atoms with van der Waals surface area (Å²) in [5, 5.41) is 5.85. The molecular formula is C24H28N4O4S. The van der Waals surface area contributed by atoms with Crippen LogP contribution in [0.2, 0.25) is 0 Å². The largest absolute Gasteiger partial charge is 0.365 e. The van der Waals surface area contributed by atoms with Crippen LogP contribution in [-0.4, -0.2) is 40.7 Å². The number of carbonyl (C=O) groups excluding carboxylic acids is 4. The number of rotatable bonds is 6. The number of imide groups is 1. The number of amides is 5. The van der Waals surface area contributed by atoms with E-state index in [0.29, 0.717) is 29.3 Å². The molecule has 33 heavy (non-hydrogen) atoms. The molecule has 4 rings (SSSR count). The Balaban J connectivity index is 1.51. The Hall–Kier alpha value is -3.20. The minimum absolute atomic E-state index is 0.226. The molecule has 4 N–H and O–H groups in total. The highest BCUT2D eigenvalue weighted by atomic mass is 32.1. The Labute approximate surface area is 196 Å². The van der Waals surface area contributed by atoms with Crippen molar-refractivity contribution in [3.8, 4) is 11.1 Å². The average molecular weight is 469 g/mol. The number of hydrogen-bond acceptors (Lipinski definition) is 5. The lowest BCUT2D eigenvalue weighted by atomic mass is 9.75. The molecule has 9 heteroatoms. The van der Waals surface area contributed by atoms with Gasteiger partial charge in [-0.25, -0.2) is 4.79 Å². The Morgan fingerprint density at radius 1 is 1.21 bits per heavy atom. The summed E-state index contributed by atoms with van der Waals surface area (Å²) in [6.45, 7) is 3.56. The van der Waals surface area contributed by atoms with Crippen molar-refractivity contribution in [2.45, 2.75) is 51.5 Å².